The van der Waals surface area contributed by atoms with Crippen molar-refractivity contribution < 1.29 is 4.52 Å². The topological polar surface area (TPSA) is 47.1 Å². The third-order valence-corrected chi connectivity index (χ3v) is 5.07. The molecule has 0 spiro atoms. The van der Waals surface area contributed by atoms with E-state index in [1.54, 1.807) is 0 Å². The van der Waals surface area contributed by atoms with Crippen molar-refractivity contribution in [2.75, 3.05) is 20.1 Å². The summed E-state index contributed by atoms with van der Waals surface area (Å²) in [6.07, 6.45) is 6.31. The molecule has 5 nitrogen and oxygen atoms in total. The lowest BCUT2D eigenvalue weighted by molar-refractivity contribution is 0.208. The van der Waals surface area contributed by atoms with Crippen molar-refractivity contribution >= 4 is 10.9 Å². The number of para-hydroxylation sites is 1. The molecular formula is C19H24N4O. The summed E-state index contributed by atoms with van der Waals surface area (Å²) in [5.41, 5.74) is 1.26. The number of piperidine rings is 1. The molecule has 0 unspecified atom stereocenters. The zero-order valence-corrected chi connectivity index (χ0v) is 14.2. The van der Waals surface area contributed by atoms with Gasteiger partial charge in [0.25, 0.3) is 0 Å². The van der Waals surface area contributed by atoms with E-state index in [-0.39, 0.29) is 0 Å². The van der Waals surface area contributed by atoms with Crippen LogP contribution in [0.3, 0.4) is 0 Å². The Balaban J connectivity index is 1.35. The Morgan fingerprint density at radius 1 is 1.17 bits per heavy atom. The van der Waals surface area contributed by atoms with Crippen molar-refractivity contribution in [2.45, 2.75) is 32.2 Å². The smallest absolute Gasteiger partial charge is 0.226 e. The Hall–Kier alpha value is -2.14. The van der Waals surface area contributed by atoms with Gasteiger partial charge in [-0.3, -0.25) is 0 Å². The van der Waals surface area contributed by atoms with Gasteiger partial charge in [-0.25, -0.2) is 0 Å². The fourth-order valence-corrected chi connectivity index (χ4v) is 3.54. The summed E-state index contributed by atoms with van der Waals surface area (Å²) >= 11 is 0. The molecular weight excluding hydrogens is 300 g/mol. The first-order valence-electron chi connectivity index (χ1n) is 8.82. The van der Waals surface area contributed by atoms with Crippen molar-refractivity contribution in [3.05, 3.63) is 48.2 Å². The predicted octanol–water partition coefficient (Wildman–Crippen LogP) is 3.15. The van der Waals surface area contributed by atoms with Crippen LogP contribution in [0.25, 0.3) is 10.9 Å². The Morgan fingerprint density at radius 2 is 2.00 bits per heavy atom. The van der Waals surface area contributed by atoms with E-state index in [9.17, 15) is 0 Å². The first-order valence-corrected chi connectivity index (χ1v) is 8.82. The summed E-state index contributed by atoms with van der Waals surface area (Å²) in [5, 5.41) is 5.44. The lowest BCUT2D eigenvalue weighted by Gasteiger charge is -2.27. The highest BCUT2D eigenvalue weighted by molar-refractivity contribution is 5.79. The molecule has 1 aliphatic heterocycles. The standard InChI is InChI=1S/C19H24N4O/c1-22-10-6-15(7-11-22)14-19-20-18(21-24-19)9-13-23-12-8-16-4-2-3-5-17(16)23/h2-5,8,12,15H,6-7,9-11,13-14H2,1H3. The number of likely N-dealkylation sites (tertiary alicyclic amines) is 1. The van der Waals surface area contributed by atoms with Gasteiger partial charge in [0, 0.05) is 31.1 Å². The summed E-state index contributed by atoms with van der Waals surface area (Å²) in [6.45, 7) is 3.22. The molecule has 1 fully saturated rings. The van der Waals surface area contributed by atoms with Crippen LogP contribution < -0.4 is 0 Å². The third-order valence-electron chi connectivity index (χ3n) is 5.07. The molecule has 1 aliphatic rings. The number of aryl methyl sites for hydroxylation is 2. The minimum absolute atomic E-state index is 0.683. The summed E-state index contributed by atoms with van der Waals surface area (Å²) in [5.74, 6) is 2.30. The van der Waals surface area contributed by atoms with E-state index >= 15 is 0 Å². The highest BCUT2D eigenvalue weighted by Gasteiger charge is 2.19. The van der Waals surface area contributed by atoms with Crippen molar-refractivity contribution in [2.24, 2.45) is 5.92 Å². The molecule has 0 atom stereocenters. The zero-order chi connectivity index (χ0) is 16.4. The Kier molecular flexibility index (Phi) is 4.34. The molecule has 0 bridgehead atoms. The maximum atomic E-state index is 5.47. The molecule has 1 aromatic carbocycles. The van der Waals surface area contributed by atoms with Gasteiger partial charge in [-0.2, -0.15) is 4.98 Å². The van der Waals surface area contributed by atoms with Crippen LogP contribution in [0.2, 0.25) is 0 Å². The van der Waals surface area contributed by atoms with Gasteiger partial charge in [-0.1, -0.05) is 23.4 Å². The van der Waals surface area contributed by atoms with Gasteiger partial charge in [0.1, 0.15) is 0 Å². The van der Waals surface area contributed by atoms with Gasteiger partial charge in [-0.05, 0) is 56.4 Å². The lowest BCUT2D eigenvalue weighted by atomic mass is 9.94. The summed E-state index contributed by atoms with van der Waals surface area (Å²) in [4.78, 5) is 6.98. The van der Waals surface area contributed by atoms with Gasteiger partial charge < -0.3 is 14.0 Å². The number of aromatic nitrogens is 3. The molecule has 0 saturated carbocycles. The fraction of sp³-hybridized carbons (Fsp3) is 0.474. The average molecular weight is 324 g/mol. The second-order valence-electron chi connectivity index (χ2n) is 6.87. The fourth-order valence-electron chi connectivity index (χ4n) is 3.54. The highest BCUT2D eigenvalue weighted by atomic mass is 16.5. The van der Waals surface area contributed by atoms with Crippen LogP contribution in [0.15, 0.2) is 41.1 Å². The molecule has 5 heteroatoms. The molecule has 3 aromatic rings. The maximum absolute atomic E-state index is 5.47. The molecule has 126 valence electrons. The molecule has 0 amide bonds. The normalized spacial score (nSPS) is 16.9. The molecule has 0 aliphatic carbocycles. The van der Waals surface area contributed by atoms with E-state index in [2.05, 4.69) is 63.2 Å². The van der Waals surface area contributed by atoms with Gasteiger partial charge in [-0.15, -0.1) is 0 Å². The minimum atomic E-state index is 0.683. The predicted molar refractivity (Wildman–Crippen MR) is 93.9 cm³/mol. The summed E-state index contributed by atoms with van der Waals surface area (Å²) < 4.78 is 7.72. The molecule has 4 rings (SSSR count). The van der Waals surface area contributed by atoms with Crippen molar-refractivity contribution in [3.63, 3.8) is 0 Å². The number of nitrogens with zero attached hydrogens (tertiary/aromatic N) is 4. The molecule has 3 heterocycles. The molecule has 0 N–H and O–H groups in total. The van der Waals surface area contributed by atoms with Crippen LogP contribution in [-0.4, -0.2) is 39.7 Å². The minimum Gasteiger partial charge on any atom is -0.347 e. The number of benzene rings is 1. The lowest BCUT2D eigenvalue weighted by Crippen LogP contribution is -2.30. The van der Waals surface area contributed by atoms with E-state index in [1.165, 1.54) is 36.8 Å². The second kappa shape index (κ2) is 6.77. The van der Waals surface area contributed by atoms with E-state index in [4.69, 9.17) is 4.52 Å². The van der Waals surface area contributed by atoms with E-state index in [0.717, 1.165) is 31.1 Å². The largest absolute Gasteiger partial charge is 0.347 e. The monoisotopic (exact) mass is 324 g/mol. The van der Waals surface area contributed by atoms with Gasteiger partial charge in [0.05, 0.1) is 0 Å². The molecule has 24 heavy (non-hydrogen) atoms. The van der Waals surface area contributed by atoms with E-state index in [0.29, 0.717) is 5.92 Å². The van der Waals surface area contributed by atoms with Crippen molar-refractivity contribution in [1.82, 2.24) is 19.6 Å². The maximum Gasteiger partial charge on any atom is 0.226 e. The van der Waals surface area contributed by atoms with E-state index in [1.807, 2.05) is 0 Å². The number of hydrogen-bond donors (Lipinski definition) is 0. The number of rotatable bonds is 5. The zero-order valence-electron chi connectivity index (χ0n) is 14.2. The van der Waals surface area contributed by atoms with E-state index < -0.39 is 0 Å². The Bertz CT molecular complexity index is 798. The quantitative estimate of drug-likeness (QED) is 0.723. The summed E-state index contributed by atoms with van der Waals surface area (Å²) in [7, 11) is 2.19. The first kappa shape index (κ1) is 15.4. The molecule has 1 saturated heterocycles. The van der Waals surface area contributed by atoms with Crippen LogP contribution in [0.5, 0.6) is 0 Å². The number of hydrogen-bond acceptors (Lipinski definition) is 4. The van der Waals surface area contributed by atoms with Crippen LogP contribution in [0, 0.1) is 5.92 Å². The highest BCUT2D eigenvalue weighted by Crippen LogP contribution is 2.20. The third kappa shape index (κ3) is 3.36. The van der Waals surface area contributed by atoms with Crippen molar-refractivity contribution in [3.8, 4) is 0 Å². The second-order valence-corrected chi connectivity index (χ2v) is 6.87. The molecule has 0 radical (unpaired) electrons. The number of fused-ring (bicyclic) bond motifs is 1. The SMILES string of the molecule is CN1CCC(Cc2nc(CCn3ccc4ccccc43)no2)CC1. The van der Waals surface area contributed by atoms with Crippen LogP contribution >= 0.6 is 0 Å². The first-order chi connectivity index (χ1) is 11.8. The van der Waals surface area contributed by atoms with Crippen LogP contribution in [0.4, 0.5) is 0 Å². The Labute approximate surface area is 142 Å². The average Bonchev–Trinajstić information content (AvgIpc) is 3.22. The molecule has 2 aromatic heterocycles. The van der Waals surface area contributed by atoms with Gasteiger partial charge in [0.15, 0.2) is 5.82 Å². The van der Waals surface area contributed by atoms with Crippen molar-refractivity contribution in [1.29, 1.82) is 0 Å². The van der Waals surface area contributed by atoms with Gasteiger partial charge in [0.2, 0.25) is 5.89 Å². The van der Waals surface area contributed by atoms with Crippen LogP contribution in [0.1, 0.15) is 24.6 Å². The summed E-state index contributed by atoms with van der Waals surface area (Å²) in [6, 6.07) is 10.6. The van der Waals surface area contributed by atoms with Gasteiger partial charge >= 0.3 is 0 Å². The Morgan fingerprint density at radius 3 is 2.88 bits per heavy atom. The van der Waals surface area contributed by atoms with Crippen LogP contribution in [-0.2, 0) is 19.4 Å².